The number of amides is 1. The average Bonchev–Trinajstić information content (AvgIpc) is 3.38. The van der Waals surface area contributed by atoms with E-state index in [1.807, 2.05) is 42.1 Å². The van der Waals surface area contributed by atoms with Crippen molar-refractivity contribution in [1.82, 2.24) is 24.8 Å². The Kier molecular flexibility index (Phi) is 5.03. The van der Waals surface area contributed by atoms with Gasteiger partial charge in [-0.25, -0.2) is 0 Å². The lowest BCUT2D eigenvalue weighted by Crippen LogP contribution is -2.36. The molecule has 3 heterocycles. The summed E-state index contributed by atoms with van der Waals surface area (Å²) >= 11 is 6.07. The Balaban J connectivity index is 1.41. The first-order valence-electron chi connectivity index (χ1n) is 10.0. The van der Waals surface area contributed by atoms with E-state index in [4.69, 9.17) is 16.1 Å². The molecule has 0 saturated carbocycles. The molecule has 1 aliphatic heterocycles. The third-order valence-electron chi connectivity index (χ3n) is 5.48. The molecule has 0 N–H and O–H groups in total. The van der Waals surface area contributed by atoms with Crippen LogP contribution < -0.4 is 0 Å². The molecule has 1 amide bonds. The lowest BCUT2D eigenvalue weighted by atomic mass is 10.0. The zero-order valence-electron chi connectivity index (χ0n) is 17.0. The van der Waals surface area contributed by atoms with Crippen LogP contribution in [0.4, 0.5) is 0 Å². The van der Waals surface area contributed by atoms with Gasteiger partial charge >= 0.3 is 0 Å². The number of hydrogen-bond donors (Lipinski definition) is 0. The predicted molar refractivity (Wildman–Crippen MR) is 116 cm³/mol. The Bertz CT molecular complexity index is 1250. The molecule has 0 aliphatic carbocycles. The van der Waals surface area contributed by atoms with Crippen LogP contribution in [0.15, 0.2) is 59.1 Å². The summed E-state index contributed by atoms with van der Waals surface area (Å²) in [6.07, 6.45) is 1.29. The zero-order chi connectivity index (χ0) is 21.4. The summed E-state index contributed by atoms with van der Waals surface area (Å²) in [5.74, 6) is 0.918. The van der Waals surface area contributed by atoms with Gasteiger partial charge < -0.3 is 9.42 Å². The van der Waals surface area contributed by atoms with Crippen LogP contribution in [0.3, 0.4) is 0 Å². The highest BCUT2D eigenvalue weighted by Gasteiger charge is 2.30. The molecule has 7 nitrogen and oxygen atoms in total. The number of nitrogens with zero attached hydrogens (tertiary/aromatic N) is 5. The molecule has 31 heavy (non-hydrogen) atoms. The maximum absolute atomic E-state index is 13.0. The van der Waals surface area contributed by atoms with Crippen molar-refractivity contribution in [2.24, 2.45) is 7.05 Å². The van der Waals surface area contributed by atoms with E-state index in [9.17, 15) is 4.79 Å². The fourth-order valence-corrected chi connectivity index (χ4v) is 4.13. The largest absolute Gasteiger partial charge is 0.334 e. The first-order valence-corrected chi connectivity index (χ1v) is 10.4. The molecule has 1 aliphatic rings. The molecule has 0 radical (unpaired) electrons. The van der Waals surface area contributed by atoms with Crippen LogP contribution in [-0.2, 0) is 26.4 Å². The molecule has 0 fully saturated rings. The highest BCUT2D eigenvalue weighted by atomic mass is 35.5. The molecule has 2 aromatic carbocycles. The van der Waals surface area contributed by atoms with Gasteiger partial charge in [0.05, 0.1) is 6.54 Å². The third-order valence-corrected chi connectivity index (χ3v) is 5.71. The first kappa shape index (κ1) is 19.5. The van der Waals surface area contributed by atoms with E-state index in [1.165, 1.54) is 0 Å². The van der Waals surface area contributed by atoms with E-state index in [-0.39, 0.29) is 5.91 Å². The normalized spacial score (nSPS) is 13.3. The van der Waals surface area contributed by atoms with E-state index < -0.39 is 0 Å². The highest BCUT2D eigenvalue weighted by molar-refractivity contribution is 6.30. The summed E-state index contributed by atoms with van der Waals surface area (Å²) in [5.41, 5.74) is 4.33. The lowest BCUT2D eigenvalue weighted by Gasteiger charge is -2.27. The van der Waals surface area contributed by atoms with Crippen molar-refractivity contribution in [1.29, 1.82) is 0 Å². The summed E-state index contributed by atoms with van der Waals surface area (Å²) in [6, 6.07) is 17.0. The number of hydrogen-bond acceptors (Lipinski definition) is 5. The molecule has 0 unspecified atom stereocenters. The number of carbonyl (C=O) groups is 1. The van der Waals surface area contributed by atoms with Crippen LogP contribution in [0.2, 0.25) is 5.02 Å². The third kappa shape index (κ3) is 3.84. The Morgan fingerprint density at radius 1 is 1.16 bits per heavy atom. The minimum atomic E-state index is -0.0572. The molecule has 0 bridgehead atoms. The van der Waals surface area contributed by atoms with Gasteiger partial charge in [0, 0.05) is 48.3 Å². The maximum atomic E-state index is 13.0. The van der Waals surface area contributed by atoms with Gasteiger partial charge in [-0.05, 0) is 23.8 Å². The first-order chi connectivity index (χ1) is 15.1. The van der Waals surface area contributed by atoms with Crippen molar-refractivity contribution >= 4 is 17.5 Å². The summed E-state index contributed by atoms with van der Waals surface area (Å²) in [7, 11) is 1.90. The van der Waals surface area contributed by atoms with Crippen molar-refractivity contribution in [2.45, 2.75) is 19.4 Å². The predicted octanol–water partition coefficient (Wildman–Crippen LogP) is 3.91. The average molecular weight is 434 g/mol. The van der Waals surface area contributed by atoms with Crippen LogP contribution in [-0.4, -0.2) is 37.3 Å². The van der Waals surface area contributed by atoms with Gasteiger partial charge in [-0.15, -0.1) is 0 Å². The van der Waals surface area contributed by atoms with Crippen molar-refractivity contribution in [3.63, 3.8) is 0 Å². The van der Waals surface area contributed by atoms with Gasteiger partial charge in [0.25, 0.3) is 11.8 Å². The summed E-state index contributed by atoms with van der Waals surface area (Å²) in [4.78, 5) is 19.4. The number of halogens is 1. The quantitative estimate of drug-likeness (QED) is 0.487. The van der Waals surface area contributed by atoms with Crippen molar-refractivity contribution in [2.75, 3.05) is 6.54 Å². The molecule has 0 atom stereocenters. The number of carbonyl (C=O) groups excluding carboxylic acids is 1. The summed E-state index contributed by atoms with van der Waals surface area (Å²) in [6.45, 7) is 1.04. The van der Waals surface area contributed by atoms with Gasteiger partial charge in [-0.1, -0.05) is 53.2 Å². The lowest BCUT2D eigenvalue weighted by molar-refractivity contribution is 0.0733. The van der Waals surface area contributed by atoms with Crippen LogP contribution >= 0.6 is 11.6 Å². The van der Waals surface area contributed by atoms with Gasteiger partial charge in [0.15, 0.2) is 11.5 Å². The number of benzene rings is 2. The van der Waals surface area contributed by atoms with Crippen molar-refractivity contribution < 1.29 is 9.32 Å². The topological polar surface area (TPSA) is 77.1 Å². The molecular weight excluding hydrogens is 414 g/mol. The smallest absolute Gasteiger partial charge is 0.278 e. The molecule has 5 rings (SSSR count). The van der Waals surface area contributed by atoms with Crippen molar-refractivity contribution in [3.8, 4) is 11.6 Å². The molecule has 8 heteroatoms. The maximum Gasteiger partial charge on any atom is 0.278 e. The Labute approximate surface area is 184 Å². The van der Waals surface area contributed by atoms with Gasteiger partial charge in [-0.3, -0.25) is 9.48 Å². The van der Waals surface area contributed by atoms with E-state index in [0.29, 0.717) is 53.9 Å². The zero-order valence-corrected chi connectivity index (χ0v) is 17.7. The minimum Gasteiger partial charge on any atom is -0.334 e. The number of aryl methyl sites for hydroxylation is 1. The second-order valence-corrected chi connectivity index (χ2v) is 8.00. The van der Waals surface area contributed by atoms with E-state index in [2.05, 4.69) is 15.2 Å². The number of fused-ring (bicyclic) bond motifs is 1. The van der Waals surface area contributed by atoms with Crippen LogP contribution in [0, 0.1) is 0 Å². The SMILES string of the molecule is Cn1nc(-c2nc(Cc3ccccc3)no2)c2c1CCN(C(=O)c1cccc(Cl)c1)C2. The molecule has 0 saturated heterocycles. The molecule has 4 aromatic rings. The van der Waals surface area contributed by atoms with Crippen LogP contribution in [0.25, 0.3) is 11.6 Å². The van der Waals surface area contributed by atoms with Gasteiger partial charge in [-0.2, -0.15) is 10.1 Å². The molecule has 2 aromatic heterocycles. The Morgan fingerprint density at radius 2 is 2.00 bits per heavy atom. The fraction of sp³-hybridized carbons (Fsp3) is 0.217. The van der Waals surface area contributed by atoms with Gasteiger partial charge in [0.1, 0.15) is 0 Å². The standard InChI is InChI=1S/C23H20ClN5O2/c1-28-19-10-11-29(23(30)16-8-5-9-17(24)13-16)14-18(19)21(26-28)22-25-20(27-31-22)12-15-6-3-2-4-7-15/h2-9,13H,10-12,14H2,1H3. The Hall–Kier alpha value is -3.45. The summed E-state index contributed by atoms with van der Waals surface area (Å²) < 4.78 is 7.38. The van der Waals surface area contributed by atoms with E-state index in [0.717, 1.165) is 16.8 Å². The van der Waals surface area contributed by atoms with E-state index in [1.54, 1.807) is 29.2 Å². The monoisotopic (exact) mass is 433 g/mol. The minimum absolute atomic E-state index is 0.0572. The molecule has 0 spiro atoms. The fourth-order valence-electron chi connectivity index (χ4n) is 3.94. The van der Waals surface area contributed by atoms with Crippen LogP contribution in [0.5, 0.6) is 0 Å². The van der Waals surface area contributed by atoms with E-state index >= 15 is 0 Å². The summed E-state index contributed by atoms with van der Waals surface area (Å²) in [5, 5.41) is 9.30. The van der Waals surface area contributed by atoms with Crippen molar-refractivity contribution in [3.05, 3.63) is 87.8 Å². The number of rotatable bonds is 4. The second kappa shape index (κ2) is 8.00. The van der Waals surface area contributed by atoms with Gasteiger partial charge in [0.2, 0.25) is 0 Å². The second-order valence-electron chi connectivity index (χ2n) is 7.56. The highest BCUT2D eigenvalue weighted by Crippen LogP contribution is 2.30. The molecular formula is C23H20ClN5O2. The van der Waals surface area contributed by atoms with Crippen LogP contribution in [0.1, 0.15) is 33.0 Å². The molecule has 156 valence electrons. The number of aromatic nitrogens is 4. The Morgan fingerprint density at radius 3 is 2.81 bits per heavy atom.